The molecule has 2 amide bonds. The van der Waals surface area contributed by atoms with Crippen LogP contribution in [0.1, 0.15) is 11.5 Å². The van der Waals surface area contributed by atoms with E-state index in [4.69, 9.17) is 4.52 Å². The van der Waals surface area contributed by atoms with Crippen molar-refractivity contribution in [3.05, 3.63) is 64.2 Å². The Morgan fingerprint density at radius 1 is 1.16 bits per heavy atom. The summed E-state index contributed by atoms with van der Waals surface area (Å²) in [6.45, 7) is 1.60. The van der Waals surface area contributed by atoms with E-state index in [0.717, 1.165) is 21.0 Å². The van der Waals surface area contributed by atoms with E-state index in [2.05, 4.69) is 36.4 Å². The fraction of sp³-hybridized carbons (Fsp3) is 0.200. The zero-order valence-electron chi connectivity index (χ0n) is 16.1. The summed E-state index contributed by atoms with van der Waals surface area (Å²) in [5.41, 5.74) is 1.34. The molecule has 0 radical (unpaired) electrons. The van der Waals surface area contributed by atoms with Crippen molar-refractivity contribution >= 4 is 33.4 Å². The zero-order chi connectivity index (χ0) is 21.7. The Morgan fingerprint density at radius 3 is 2.77 bits per heavy atom. The highest BCUT2D eigenvalue weighted by atomic mass is 79.9. The van der Waals surface area contributed by atoms with Crippen LogP contribution in [0.2, 0.25) is 0 Å². The number of benzene rings is 2. The van der Waals surface area contributed by atoms with E-state index >= 15 is 0 Å². The van der Waals surface area contributed by atoms with E-state index in [1.165, 1.54) is 17.1 Å². The molecule has 2 aromatic carbocycles. The molecule has 5 rings (SSSR count). The molecule has 31 heavy (non-hydrogen) atoms. The average Bonchev–Trinajstić information content (AvgIpc) is 3.43. The van der Waals surface area contributed by atoms with Crippen LogP contribution in [0, 0.1) is 12.7 Å². The first-order valence-electron chi connectivity index (χ1n) is 9.32. The number of carbonyl (C=O) groups excluding carboxylic acids is 2. The van der Waals surface area contributed by atoms with Crippen LogP contribution in [0.25, 0.3) is 11.4 Å². The molecule has 1 aromatic heterocycles. The van der Waals surface area contributed by atoms with Gasteiger partial charge in [-0.25, -0.2) is 9.29 Å². The molecule has 11 heteroatoms. The predicted octanol–water partition coefficient (Wildman–Crippen LogP) is 3.44. The average molecular weight is 485 g/mol. The minimum atomic E-state index is -0.996. The number of imide groups is 1. The number of amides is 2. The van der Waals surface area contributed by atoms with Crippen LogP contribution in [-0.4, -0.2) is 39.0 Å². The largest absolute Gasteiger partial charge is 0.337 e. The molecule has 3 aromatic rings. The first kappa shape index (κ1) is 19.5. The van der Waals surface area contributed by atoms with Crippen LogP contribution in [0.3, 0.4) is 0 Å². The molecule has 0 aliphatic carbocycles. The number of hydrogen-bond donors (Lipinski definition) is 0. The fourth-order valence-corrected chi connectivity index (χ4v) is 3.93. The van der Waals surface area contributed by atoms with Crippen LogP contribution < -0.4 is 4.90 Å². The van der Waals surface area contributed by atoms with Gasteiger partial charge in [0.25, 0.3) is 11.8 Å². The maximum atomic E-state index is 14.0. The van der Waals surface area contributed by atoms with Crippen molar-refractivity contribution in [2.45, 2.75) is 25.6 Å². The molecule has 0 N–H and O–H groups in total. The monoisotopic (exact) mass is 484 g/mol. The number of rotatable bonds is 4. The number of aromatic nitrogens is 2. The lowest BCUT2D eigenvalue weighted by Gasteiger charge is -2.19. The highest BCUT2D eigenvalue weighted by Gasteiger charge is 2.55. The molecular formula is C20H14BrFN6O3. The number of anilines is 1. The Labute approximate surface area is 183 Å². The van der Waals surface area contributed by atoms with Gasteiger partial charge in [-0.1, -0.05) is 44.5 Å². The second-order valence-electron chi connectivity index (χ2n) is 7.16. The van der Waals surface area contributed by atoms with Crippen molar-refractivity contribution in [2.24, 2.45) is 10.3 Å². The highest BCUT2D eigenvalue weighted by molar-refractivity contribution is 9.10. The Morgan fingerprint density at radius 2 is 2.00 bits per heavy atom. The molecule has 3 heterocycles. The molecule has 2 aliphatic rings. The van der Waals surface area contributed by atoms with Gasteiger partial charge < -0.3 is 4.52 Å². The van der Waals surface area contributed by atoms with Gasteiger partial charge >= 0.3 is 0 Å². The Hall–Kier alpha value is -3.47. The number of aryl methyl sites for hydroxylation is 1. The van der Waals surface area contributed by atoms with Gasteiger partial charge in [0, 0.05) is 10.0 Å². The lowest BCUT2D eigenvalue weighted by Crippen LogP contribution is -2.39. The van der Waals surface area contributed by atoms with Crippen LogP contribution in [0.15, 0.2) is 61.8 Å². The van der Waals surface area contributed by atoms with Gasteiger partial charge in [-0.3, -0.25) is 14.6 Å². The van der Waals surface area contributed by atoms with E-state index in [-0.39, 0.29) is 18.1 Å². The molecule has 2 aliphatic heterocycles. The lowest BCUT2D eigenvalue weighted by molar-refractivity contribution is -0.123. The van der Waals surface area contributed by atoms with Crippen molar-refractivity contribution in [3.8, 4) is 11.4 Å². The topological polar surface area (TPSA) is 104 Å². The van der Waals surface area contributed by atoms with Gasteiger partial charge in [-0.15, -0.1) is 0 Å². The third-order valence-electron chi connectivity index (χ3n) is 5.12. The molecule has 156 valence electrons. The van der Waals surface area contributed by atoms with Gasteiger partial charge in [0.2, 0.25) is 11.7 Å². The van der Waals surface area contributed by atoms with Crippen molar-refractivity contribution in [2.75, 3.05) is 4.90 Å². The summed E-state index contributed by atoms with van der Waals surface area (Å²) in [6.07, 6.45) is 0. The molecule has 0 saturated carbocycles. The molecule has 0 bridgehead atoms. The molecule has 2 atom stereocenters. The third kappa shape index (κ3) is 3.30. The quantitative estimate of drug-likeness (QED) is 0.525. The smallest absolute Gasteiger partial charge is 0.263 e. The van der Waals surface area contributed by atoms with Gasteiger partial charge in [-0.2, -0.15) is 10.1 Å². The summed E-state index contributed by atoms with van der Waals surface area (Å²) < 4.78 is 20.1. The second kappa shape index (κ2) is 7.34. The minimum Gasteiger partial charge on any atom is -0.337 e. The molecule has 9 nitrogen and oxygen atoms in total. The van der Waals surface area contributed by atoms with Crippen LogP contribution in [0.4, 0.5) is 10.1 Å². The number of nitrogens with zero attached hydrogens (tertiary/aromatic N) is 6. The van der Waals surface area contributed by atoms with Crippen molar-refractivity contribution in [3.63, 3.8) is 0 Å². The number of hydrogen-bond acceptors (Lipinski definition) is 8. The molecule has 0 spiro atoms. The molecule has 0 unspecified atom stereocenters. The predicted molar refractivity (Wildman–Crippen MR) is 109 cm³/mol. The summed E-state index contributed by atoms with van der Waals surface area (Å²) in [5.74, 6) is -0.983. The van der Waals surface area contributed by atoms with Crippen LogP contribution in [0.5, 0.6) is 0 Å². The Bertz CT molecular complexity index is 1250. The summed E-state index contributed by atoms with van der Waals surface area (Å²) >= 11 is 3.39. The lowest BCUT2D eigenvalue weighted by atomic mass is 10.1. The summed E-state index contributed by atoms with van der Waals surface area (Å²) in [7, 11) is 0. The van der Waals surface area contributed by atoms with Gasteiger partial charge in [0.05, 0.1) is 5.69 Å². The van der Waals surface area contributed by atoms with Crippen LogP contribution in [-0.2, 0) is 16.1 Å². The Kier molecular flexibility index (Phi) is 4.62. The van der Waals surface area contributed by atoms with E-state index < -0.39 is 29.7 Å². The fourth-order valence-electron chi connectivity index (χ4n) is 3.53. The molecule has 1 saturated heterocycles. The maximum absolute atomic E-state index is 14.0. The van der Waals surface area contributed by atoms with Gasteiger partial charge in [-0.05, 0) is 36.8 Å². The van der Waals surface area contributed by atoms with Crippen molar-refractivity contribution in [1.82, 2.24) is 15.1 Å². The SMILES string of the molecule is Cc1ccc(N2C(=O)[C@@H]3N=NN(Cc4nc(-c5cccc(Br)c5)no4)[C@H]3C2=O)cc1F. The normalized spacial score (nSPS) is 20.1. The summed E-state index contributed by atoms with van der Waals surface area (Å²) in [5, 5.41) is 13.2. The summed E-state index contributed by atoms with van der Waals surface area (Å²) in [4.78, 5) is 31.1. The van der Waals surface area contributed by atoms with Gasteiger partial charge in [0.1, 0.15) is 12.4 Å². The number of carbonyl (C=O) groups is 2. The first-order valence-corrected chi connectivity index (χ1v) is 10.1. The van der Waals surface area contributed by atoms with E-state index in [9.17, 15) is 14.0 Å². The van der Waals surface area contributed by atoms with Crippen molar-refractivity contribution in [1.29, 1.82) is 0 Å². The standard InChI is InChI=1S/C20H14BrFN6O3/c1-10-5-6-13(8-14(10)22)28-19(29)16-17(20(28)30)27(26-24-16)9-15-23-18(25-31-15)11-3-2-4-12(21)7-11/h2-8,16-17H,9H2,1H3/t16-,17-/m1/s1. The van der Waals surface area contributed by atoms with E-state index in [0.29, 0.717) is 11.4 Å². The number of halogens is 2. The van der Waals surface area contributed by atoms with Crippen molar-refractivity contribution < 1.29 is 18.5 Å². The van der Waals surface area contributed by atoms with E-state index in [1.54, 1.807) is 6.92 Å². The second-order valence-corrected chi connectivity index (χ2v) is 8.08. The third-order valence-corrected chi connectivity index (χ3v) is 5.61. The summed E-state index contributed by atoms with van der Waals surface area (Å²) in [6, 6.07) is 9.67. The molecular weight excluding hydrogens is 471 g/mol. The van der Waals surface area contributed by atoms with Crippen LogP contribution >= 0.6 is 15.9 Å². The number of fused-ring (bicyclic) bond motifs is 1. The minimum absolute atomic E-state index is 0.000783. The molecule has 1 fully saturated rings. The first-order chi connectivity index (χ1) is 14.9. The van der Waals surface area contributed by atoms with Gasteiger partial charge in [0.15, 0.2) is 12.1 Å². The Balaban J connectivity index is 1.37. The zero-order valence-corrected chi connectivity index (χ0v) is 17.7. The maximum Gasteiger partial charge on any atom is 0.263 e. The highest BCUT2D eigenvalue weighted by Crippen LogP contribution is 2.33. The van der Waals surface area contributed by atoms with E-state index in [1.807, 2.05) is 24.3 Å².